The van der Waals surface area contributed by atoms with E-state index in [0.29, 0.717) is 12.2 Å². The van der Waals surface area contributed by atoms with Crippen LogP contribution in [0.4, 0.5) is 8.78 Å². The number of hydrogen-bond acceptors (Lipinski definition) is 3. The van der Waals surface area contributed by atoms with Gasteiger partial charge in [-0.15, -0.1) is 0 Å². The number of sulfonamides is 1. The lowest BCUT2D eigenvalue weighted by Gasteiger charge is -2.11. The van der Waals surface area contributed by atoms with Gasteiger partial charge in [-0.1, -0.05) is 30.3 Å². The first-order valence-corrected chi connectivity index (χ1v) is 7.93. The Labute approximate surface area is 127 Å². The van der Waals surface area contributed by atoms with E-state index in [4.69, 9.17) is 4.74 Å². The Hall–Kier alpha value is -1.83. The monoisotopic (exact) mass is 327 g/mol. The van der Waals surface area contributed by atoms with Crippen molar-refractivity contribution in [2.75, 3.05) is 7.11 Å². The molecule has 0 radical (unpaired) electrons. The summed E-state index contributed by atoms with van der Waals surface area (Å²) < 4.78 is 58.6. The maximum absolute atomic E-state index is 13.6. The lowest BCUT2D eigenvalue weighted by Crippen LogP contribution is -2.25. The van der Waals surface area contributed by atoms with Crippen molar-refractivity contribution in [3.8, 4) is 0 Å². The van der Waals surface area contributed by atoms with E-state index in [2.05, 4.69) is 4.72 Å². The van der Waals surface area contributed by atoms with E-state index < -0.39 is 26.6 Å². The van der Waals surface area contributed by atoms with E-state index >= 15 is 0 Å². The van der Waals surface area contributed by atoms with Crippen LogP contribution in [0, 0.1) is 11.6 Å². The number of halogens is 2. The molecular formula is C15H15F2NO3S. The molecule has 0 aliphatic heterocycles. The minimum absolute atomic E-state index is 0.0877. The first-order chi connectivity index (χ1) is 10.5. The first-order valence-electron chi connectivity index (χ1n) is 6.45. The van der Waals surface area contributed by atoms with Gasteiger partial charge in [-0.25, -0.2) is 21.9 Å². The molecule has 2 aromatic carbocycles. The molecule has 0 amide bonds. The van der Waals surface area contributed by atoms with Crippen LogP contribution in [0.2, 0.25) is 0 Å². The highest BCUT2D eigenvalue weighted by Crippen LogP contribution is 2.19. The molecule has 0 bridgehead atoms. The van der Waals surface area contributed by atoms with Gasteiger partial charge in [0, 0.05) is 13.7 Å². The fraction of sp³-hybridized carbons (Fsp3) is 0.200. The fourth-order valence-corrected chi connectivity index (χ4v) is 3.15. The maximum Gasteiger partial charge on any atom is 0.246 e. The van der Waals surface area contributed by atoms with Gasteiger partial charge in [-0.2, -0.15) is 0 Å². The van der Waals surface area contributed by atoms with Crippen LogP contribution in [0.5, 0.6) is 0 Å². The van der Waals surface area contributed by atoms with Crippen molar-refractivity contribution in [1.82, 2.24) is 4.72 Å². The minimum Gasteiger partial charge on any atom is -0.380 e. The van der Waals surface area contributed by atoms with Crippen molar-refractivity contribution in [1.29, 1.82) is 0 Å². The average Bonchev–Trinajstić information content (AvgIpc) is 2.46. The van der Waals surface area contributed by atoms with Crippen LogP contribution in [-0.2, 0) is 27.9 Å². The highest BCUT2D eigenvalue weighted by Gasteiger charge is 2.23. The van der Waals surface area contributed by atoms with Gasteiger partial charge in [-0.3, -0.25) is 0 Å². The second kappa shape index (κ2) is 6.95. The molecule has 0 saturated carbocycles. The lowest BCUT2D eigenvalue weighted by atomic mass is 10.1. The van der Waals surface area contributed by atoms with Crippen LogP contribution in [-0.4, -0.2) is 15.5 Å². The Morgan fingerprint density at radius 1 is 1.00 bits per heavy atom. The molecule has 0 aliphatic carbocycles. The summed E-state index contributed by atoms with van der Waals surface area (Å²) >= 11 is 0. The molecule has 0 saturated heterocycles. The molecule has 2 rings (SSSR count). The van der Waals surface area contributed by atoms with Crippen LogP contribution >= 0.6 is 0 Å². The van der Waals surface area contributed by atoms with Crippen molar-refractivity contribution < 1.29 is 21.9 Å². The first kappa shape index (κ1) is 16.5. The summed E-state index contributed by atoms with van der Waals surface area (Å²) in [5.74, 6) is -2.25. The summed E-state index contributed by atoms with van der Waals surface area (Å²) in [6.45, 7) is 0.224. The normalized spacial score (nSPS) is 11.6. The van der Waals surface area contributed by atoms with Crippen molar-refractivity contribution in [2.45, 2.75) is 18.0 Å². The molecule has 22 heavy (non-hydrogen) atoms. The third-order valence-corrected chi connectivity index (χ3v) is 4.51. The number of benzene rings is 2. The second-order valence-corrected chi connectivity index (χ2v) is 6.28. The van der Waals surface area contributed by atoms with Gasteiger partial charge < -0.3 is 4.74 Å². The largest absolute Gasteiger partial charge is 0.380 e. The Kier molecular flexibility index (Phi) is 5.23. The van der Waals surface area contributed by atoms with E-state index in [1.165, 1.54) is 7.11 Å². The van der Waals surface area contributed by atoms with E-state index in [1.807, 2.05) is 0 Å². The number of nitrogens with one attached hydrogen (secondary N) is 1. The van der Waals surface area contributed by atoms with Gasteiger partial charge in [0.1, 0.15) is 11.6 Å². The zero-order chi connectivity index (χ0) is 16.2. The standard InChI is InChI=1S/C15H15F2NO3S/c1-21-10-12-6-3-2-5-11(12)9-18-22(19,20)15-13(16)7-4-8-14(15)17/h2-8,18H,9-10H2,1H3. The number of ether oxygens (including phenoxy) is 1. The maximum atomic E-state index is 13.6. The Morgan fingerprint density at radius 2 is 1.59 bits per heavy atom. The van der Waals surface area contributed by atoms with Crippen molar-refractivity contribution in [3.05, 3.63) is 65.2 Å². The van der Waals surface area contributed by atoms with Crippen LogP contribution in [0.15, 0.2) is 47.4 Å². The smallest absolute Gasteiger partial charge is 0.246 e. The van der Waals surface area contributed by atoms with E-state index in [9.17, 15) is 17.2 Å². The van der Waals surface area contributed by atoms with E-state index in [-0.39, 0.29) is 6.54 Å². The van der Waals surface area contributed by atoms with Crippen molar-refractivity contribution >= 4 is 10.0 Å². The summed E-state index contributed by atoms with van der Waals surface area (Å²) in [5.41, 5.74) is 1.46. The van der Waals surface area contributed by atoms with Gasteiger partial charge in [0.25, 0.3) is 0 Å². The third kappa shape index (κ3) is 3.68. The van der Waals surface area contributed by atoms with Gasteiger partial charge >= 0.3 is 0 Å². The van der Waals surface area contributed by atoms with E-state index in [1.54, 1.807) is 24.3 Å². The Morgan fingerprint density at radius 3 is 2.18 bits per heavy atom. The van der Waals surface area contributed by atoms with Crippen LogP contribution in [0.25, 0.3) is 0 Å². The topological polar surface area (TPSA) is 55.4 Å². The fourth-order valence-electron chi connectivity index (χ4n) is 2.01. The third-order valence-electron chi connectivity index (χ3n) is 3.06. The predicted octanol–water partition coefficient (Wildman–Crippen LogP) is 2.59. The van der Waals surface area contributed by atoms with Crippen LogP contribution in [0.3, 0.4) is 0 Å². The summed E-state index contributed by atoms with van der Waals surface area (Å²) in [4.78, 5) is -0.973. The molecular weight excluding hydrogens is 312 g/mol. The average molecular weight is 327 g/mol. The van der Waals surface area contributed by atoms with Crippen LogP contribution < -0.4 is 4.72 Å². The molecule has 0 heterocycles. The summed E-state index contributed by atoms with van der Waals surface area (Å²) in [5, 5.41) is 0. The zero-order valence-corrected chi connectivity index (χ0v) is 12.7. The lowest BCUT2D eigenvalue weighted by molar-refractivity contribution is 0.184. The SMILES string of the molecule is COCc1ccccc1CNS(=O)(=O)c1c(F)cccc1F. The second-order valence-electron chi connectivity index (χ2n) is 4.58. The van der Waals surface area contributed by atoms with Gasteiger partial charge in [0.15, 0.2) is 4.90 Å². The van der Waals surface area contributed by atoms with E-state index in [0.717, 1.165) is 23.8 Å². The molecule has 118 valence electrons. The molecule has 1 N–H and O–H groups in total. The van der Waals surface area contributed by atoms with Gasteiger partial charge in [0.05, 0.1) is 6.61 Å². The predicted molar refractivity (Wildman–Crippen MR) is 77.5 cm³/mol. The summed E-state index contributed by atoms with van der Waals surface area (Å²) in [7, 11) is -2.77. The molecule has 4 nitrogen and oxygen atoms in total. The molecule has 0 fully saturated rings. The molecule has 2 aromatic rings. The zero-order valence-electron chi connectivity index (χ0n) is 11.8. The number of rotatable bonds is 6. The number of hydrogen-bond donors (Lipinski definition) is 1. The quantitative estimate of drug-likeness (QED) is 0.887. The molecule has 0 atom stereocenters. The van der Waals surface area contributed by atoms with Crippen molar-refractivity contribution in [3.63, 3.8) is 0 Å². The number of methoxy groups -OCH3 is 1. The summed E-state index contributed by atoms with van der Waals surface area (Å²) in [6.07, 6.45) is 0. The Bertz CT molecular complexity index is 743. The molecule has 7 heteroatoms. The minimum atomic E-state index is -4.29. The summed E-state index contributed by atoms with van der Waals surface area (Å²) in [6, 6.07) is 9.95. The van der Waals surface area contributed by atoms with Crippen LogP contribution in [0.1, 0.15) is 11.1 Å². The molecule has 0 spiro atoms. The molecule has 0 unspecified atom stereocenters. The Balaban J connectivity index is 2.24. The highest BCUT2D eigenvalue weighted by molar-refractivity contribution is 7.89. The van der Waals surface area contributed by atoms with Gasteiger partial charge in [0.2, 0.25) is 10.0 Å². The van der Waals surface area contributed by atoms with Crippen molar-refractivity contribution in [2.24, 2.45) is 0 Å². The highest BCUT2D eigenvalue weighted by atomic mass is 32.2. The molecule has 0 aliphatic rings. The van der Waals surface area contributed by atoms with Gasteiger partial charge in [-0.05, 0) is 23.3 Å². The molecule has 0 aromatic heterocycles.